The molecule has 0 radical (unpaired) electrons. The monoisotopic (exact) mass is 431 g/mol. The van der Waals surface area contributed by atoms with Crippen molar-refractivity contribution in [3.63, 3.8) is 0 Å². The summed E-state index contributed by atoms with van der Waals surface area (Å²) in [4.78, 5) is 26.7. The van der Waals surface area contributed by atoms with Gasteiger partial charge < -0.3 is 28.6 Å². The Kier molecular flexibility index (Phi) is 8.13. The van der Waals surface area contributed by atoms with E-state index < -0.39 is 18.0 Å². The summed E-state index contributed by atoms with van der Waals surface area (Å²) < 4.78 is 26.8. The molecule has 0 fully saturated rings. The summed E-state index contributed by atoms with van der Waals surface area (Å²) in [5, 5.41) is 0. The van der Waals surface area contributed by atoms with E-state index in [-0.39, 0.29) is 6.04 Å². The third-order valence-electron chi connectivity index (χ3n) is 5.00. The number of nitrogens with zero attached hydrogens (tertiary/aromatic N) is 1. The van der Waals surface area contributed by atoms with Gasteiger partial charge in [0.25, 0.3) is 5.91 Å². The summed E-state index contributed by atoms with van der Waals surface area (Å²) in [7, 11) is 7.67. The molecule has 8 heteroatoms. The van der Waals surface area contributed by atoms with Gasteiger partial charge in [-0.1, -0.05) is 12.1 Å². The minimum Gasteiger partial charge on any atom is -0.497 e. The Morgan fingerprint density at radius 3 is 1.97 bits per heavy atom. The number of amides is 1. The molecule has 0 saturated carbocycles. The van der Waals surface area contributed by atoms with Crippen LogP contribution in [0, 0.1) is 0 Å². The lowest BCUT2D eigenvalue weighted by Gasteiger charge is -2.29. The molecule has 2 aromatic rings. The number of esters is 1. The molecule has 2 atom stereocenters. The standard InChI is InChI=1S/C23H29NO7/c1-14(16-9-8-10-18(11-16)27-4)24(3)23(26)21(31-15(2)25)17-12-19(28-5)22(30-7)20(13-17)29-6/h8-14,21H,1-7H3. The van der Waals surface area contributed by atoms with Gasteiger partial charge in [0.1, 0.15) is 5.75 Å². The van der Waals surface area contributed by atoms with Gasteiger partial charge in [0, 0.05) is 19.5 Å². The number of hydrogen-bond acceptors (Lipinski definition) is 7. The Labute approximate surface area is 182 Å². The predicted octanol–water partition coefficient (Wildman–Crippen LogP) is 3.54. The molecule has 0 aliphatic heterocycles. The van der Waals surface area contributed by atoms with Crippen LogP contribution in [0.5, 0.6) is 23.0 Å². The number of methoxy groups -OCH3 is 4. The first-order chi connectivity index (χ1) is 14.8. The highest BCUT2D eigenvalue weighted by atomic mass is 16.5. The fraction of sp³-hybridized carbons (Fsp3) is 0.391. The molecule has 0 bridgehead atoms. The van der Waals surface area contributed by atoms with Crippen LogP contribution in [0.25, 0.3) is 0 Å². The zero-order valence-electron chi connectivity index (χ0n) is 18.9. The van der Waals surface area contributed by atoms with Crippen molar-refractivity contribution in [1.82, 2.24) is 4.90 Å². The van der Waals surface area contributed by atoms with Gasteiger partial charge >= 0.3 is 5.97 Å². The second-order valence-electron chi connectivity index (χ2n) is 6.85. The molecular formula is C23H29NO7. The minimum absolute atomic E-state index is 0.303. The fourth-order valence-electron chi connectivity index (χ4n) is 3.18. The maximum absolute atomic E-state index is 13.4. The average Bonchev–Trinajstić information content (AvgIpc) is 2.79. The molecule has 2 rings (SSSR count). The highest BCUT2D eigenvalue weighted by Gasteiger charge is 2.31. The van der Waals surface area contributed by atoms with E-state index in [0.29, 0.717) is 28.6 Å². The summed E-state index contributed by atoms with van der Waals surface area (Å²) in [6, 6.07) is 10.3. The van der Waals surface area contributed by atoms with Crippen molar-refractivity contribution in [2.45, 2.75) is 26.0 Å². The molecule has 0 heterocycles. The van der Waals surface area contributed by atoms with Gasteiger partial charge in [0.2, 0.25) is 11.9 Å². The van der Waals surface area contributed by atoms with Crippen molar-refractivity contribution in [2.24, 2.45) is 0 Å². The second-order valence-corrected chi connectivity index (χ2v) is 6.85. The maximum Gasteiger partial charge on any atom is 0.303 e. The van der Waals surface area contributed by atoms with Crippen LogP contribution >= 0.6 is 0 Å². The first-order valence-corrected chi connectivity index (χ1v) is 9.65. The predicted molar refractivity (Wildman–Crippen MR) is 115 cm³/mol. The van der Waals surface area contributed by atoms with E-state index in [1.807, 2.05) is 31.2 Å². The fourth-order valence-corrected chi connectivity index (χ4v) is 3.18. The molecule has 0 aliphatic rings. The molecule has 0 spiro atoms. The van der Waals surface area contributed by atoms with Gasteiger partial charge in [-0.05, 0) is 36.8 Å². The Morgan fingerprint density at radius 2 is 1.48 bits per heavy atom. The van der Waals surface area contributed by atoms with Gasteiger partial charge in [0.05, 0.1) is 34.5 Å². The van der Waals surface area contributed by atoms with Gasteiger partial charge in [-0.2, -0.15) is 0 Å². The summed E-state index contributed by atoms with van der Waals surface area (Å²) in [6.45, 7) is 3.14. The number of ether oxygens (including phenoxy) is 5. The molecule has 8 nitrogen and oxygen atoms in total. The van der Waals surface area contributed by atoms with E-state index >= 15 is 0 Å². The van der Waals surface area contributed by atoms with Gasteiger partial charge in [-0.3, -0.25) is 9.59 Å². The van der Waals surface area contributed by atoms with Crippen molar-refractivity contribution < 1.29 is 33.3 Å². The molecular weight excluding hydrogens is 402 g/mol. The average molecular weight is 431 g/mol. The first-order valence-electron chi connectivity index (χ1n) is 9.65. The summed E-state index contributed by atoms with van der Waals surface area (Å²) in [6.07, 6.45) is -1.19. The molecule has 1 amide bonds. The van der Waals surface area contributed by atoms with E-state index in [9.17, 15) is 9.59 Å². The van der Waals surface area contributed by atoms with Gasteiger partial charge in [-0.15, -0.1) is 0 Å². The molecule has 31 heavy (non-hydrogen) atoms. The number of likely N-dealkylation sites (N-methyl/N-ethyl adjacent to an activating group) is 1. The molecule has 0 saturated heterocycles. The molecule has 2 aromatic carbocycles. The quantitative estimate of drug-likeness (QED) is 0.562. The van der Waals surface area contributed by atoms with Gasteiger partial charge in [-0.25, -0.2) is 0 Å². The summed E-state index contributed by atoms with van der Waals surface area (Å²) in [5.41, 5.74) is 1.28. The van der Waals surface area contributed by atoms with Crippen LogP contribution in [0.3, 0.4) is 0 Å². The number of hydrogen-bond donors (Lipinski definition) is 0. The zero-order chi connectivity index (χ0) is 23.1. The van der Waals surface area contributed by atoms with Crippen LogP contribution in [-0.4, -0.2) is 52.3 Å². The lowest BCUT2D eigenvalue weighted by atomic mass is 10.0. The minimum atomic E-state index is -1.19. The third-order valence-corrected chi connectivity index (χ3v) is 5.00. The van der Waals surface area contributed by atoms with Gasteiger partial charge in [0.15, 0.2) is 11.5 Å². The van der Waals surface area contributed by atoms with Crippen LogP contribution in [-0.2, 0) is 14.3 Å². The number of carbonyl (C=O) groups is 2. The number of benzene rings is 2. The number of carbonyl (C=O) groups excluding carboxylic acids is 2. The van der Waals surface area contributed by atoms with Crippen molar-refractivity contribution >= 4 is 11.9 Å². The van der Waals surface area contributed by atoms with E-state index in [1.54, 1.807) is 26.3 Å². The van der Waals surface area contributed by atoms with E-state index in [1.165, 1.54) is 33.2 Å². The van der Waals surface area contributed by atoms with Crippen LogP contribution in [0.15, 0.2) is 36.4 Å². The lowest BCUT2D eigenvalue weighted by Crippen LogP contribution is -2.35. The molecule has 2 unspecified atom stereocenters. The number of rotatable bonds is 9. The highest BCUT2D eigenvalue weighted by Crippen LogP contribution is 2.41. The smallest absolute Gasteiger partial charge is 0.303 e. The Hall–Kier alpha value is -3.42. The second kappa shape index (κ2) is 10.6. The molecule has 0 N–H and O–H groups in total. The van der Waals surface area contributed by atoms with Crippen molar-refractivity contribution in [2.75, 3.05) is 35.5 Å². The summed E-state index contributed by atoms with van der Waals surface area (Å²) >= 11 is 0. The Morgan fingerprint density at radius 1 is 0.871 bits per heavy atom. The largest absolute Gasteiger partial charge is 0.497 e. The topological polar surface area (TPSA) is 83.5 Å². The van der Waals surface area contributed by atoms with Crippen molar-refractivity contribution in [3.8, 4) is 23.0 Å². The first kappa shape index (κ1) is 23.9. The van der Waals surface area contributed by atoms with E-state index in [4.69, 9.17) is 23.7 Å². The molecule has 168 valence electrons. The normalized spacial score (nSPS) is 12.4. The Balaban J connectivity index is 2.45. The van der Waals surface area contributed by atoms with Crippen LogP contribution in [0.1, 0.15) is 37.1 Å². The Bertz CT molecular complexity index is 903. The SMILES string of the molecule is COc1cccc(C(C)N(C)C(=O)C(OC(C)=O)c2cc(OC)c(OC)c(OC)c2)c1. The zero-order valence-corrected chi connectivity index (χ0v) is 18.9. The van der Waals surface area contributed by atoms with Crippen LogP contribution in [0.2, 0.25) is 0 Å². The van der Waals surface area contributed by atoms with Crippen molar-refractivity contribution in [3.05, 3.63) is 47.5 Å². The van der Waals surface area contributed by atoms with E-state index in [2.05, 4.69) is 0 Å². The lowest BCUT2D eigenvalue weighted by molar-refractivity contribution is -0.159. The van der Waals surface area contributed by atoms with E-state index in [0.717, 1.165) is 5.56 Å². The van der Waals surface area contributed by atoms with Crippen LogP contribution < -0.4 is 18.9 Å². The molecule has 0 aliphatic carbocycles. The van der Waals surface area contributed by atoms with Crippen molar-refractivity contribution in [1.29, 1.82) is 0 Å². The maximum atomic E-state index is 13.4. The molecule has 0 aromatic heterocycles. The third kappa shape index (κ3) is 5.39. The highest BCUT2D eigenvalue weighted by molar-refractivity contribution is 5.85. The van der Waals surface area contributed by atoms with Crippen LogP contribution in [0.4, 0.5) is 0 Å². The summed E-state index contributed by atoms with van der Waals surface area (Å²) in [5.74, 6) is 0.775.